The molecule has 0 N–H and O–H groups in total. The molecule has 0 atom stereocenters. The first-order valence-corrected chi connectivity index (χ1v) is 8.56. The van der Waals surface area contributed by atoms with Crippen LogP contribution in [0, 0.1) is 5.82 Å². The summed E-state index contributed by atoms with van der Waals surface area (Å²) in [6.07, 6.45) is 4.97. The molecule has 6 heteroatoms. The average Bonchev–Trinajstić information content (AvgIpc) is 3.00. The zero-order valence-electron chi connectivity index (χ0n) is 14.0. The van der Waals surface area contributed by atoms with Crippen LogP contribution in [0.2, 0.25) is 5.02 Å². The molecule has 0 saturated heterocycles. The number of halogens is 2. The number of anilines is 1. The summed E-state index contributed by atoms with van der Waals surface area (Å²) in [6, 6.07) is 16.4. The third-order valence-corrected chi connectivity index (χ3v) is 4.40. The third-order valence-electron chi connectivity index (χ3n) is 4.07. The van der Waals surface area contributed by atoms with E-state index in [4.69, 9.17) is 11.6 Å². The molecule has 1 aromatic heterocycles. The normalized spacial score (nSPS) is 15.3. The van der Waals surface area contributed by atoms with Crippen LogP contribution in [0.5, 0.6) is 0 Å². The number of pyridine rings is 1. The van der Waals surface area contributed by atoms with Gasteiger partial charge >= 0.3 is 0 Å². The Hall–Kier alpha value is -3.31. The van der Waals surface area contributed by atoms with E-state index < -0.39 is 0 Å². The zero-order chi connectivity index (χ0) is 18.8. The van der Waals surface area contributed by atoms with Gasteiger partial charge in [-0.05, 0) is 60.2 Å². The number of aliphatic imine (C=N–C) groups is 1. The van der Waals surface area contributed by atoms with E-state index >= 15 is 0 Å². The van der Waals surface area contributed by atoms with Crippen molar-refractivity contribution in [2.75, 3.05) is 4.90 Å². The van der Waals surface area contributed by atoms with Crippen molar-refractivity contribution in [1.82, 2.24) is 4.98 Å². The van der Waals surface area contributed by atoms with Gasteiger partial charge in [0.1, 0.15) is 17.3 Å². The van der Waals surface area contributed by atoms with Crippen LogP contribution < -0.4 is 4.90 Å². The van der Waals surface area contributed by atoms with Crippen LogP contribution in [0.3, 0.4) is 0 Å². The zero-order valence-corrected chi connectivity index (χ0v) is 14.8. The molecule has 132 valence electrons. The summed E-state index contributed by atoms with van der Waals surface area (Å²) in [5.74, 6) is -0.292. The Morgan fingerprint density at radius 2 is 1.67 bits per heavy atom. The van der Waals surface area contributed by atoms with Crippen LogP contribution in [0.4, 0.5) is 10.1 Å². The Balaban J connectivity index is 1.85. The molecule has 4 rings (SSSR count). The Bertz CT molecular complexity index is 1060. The highest BCUT2D eigenvalue weighted by atomic mass is 35.5. The van der Waals surface area contributed by atoms with E-state index in [1.807, 2.05) is 6.07 Å². The van der Waals surface area contributed by atoms with Gasteiger partial charge in [0.25, 0.3) is 5.91 Å². The lowest BCUT2D eigenvalue weighted by molar-refractivity contribution is -0.113. The number of hydrogen-bond donors (Lipinski definition) is 0. The van der Waals surface area contributed by atoms with E-state index in [0.717, 1.165) is 5.56 Å². The van der Waals surface area contributed by atoms with Gasteiger partial charge in [0, 0.05) is 18.0 Å². The molecule has 0 aliphatic carbocycles. The predicted octanol–water partition coefficient (Wildman–Crippen LogP) is 4.71. The van der Waals surface area contributed by atoms with Crippen LogP contribution in [-0.2, 0) is 4.79 Å². The molecular formula is C21H13ClFN3O. The van der Waals surface area contributed by atoms with E-state index in [0.29, 0.717) is 22.1 Å². The molecular weight excluding hydrogens is 365 g/mol. The largest absolute Gasteiger partial charge is 0.282 e. The quantitative estimate of drug-likeness (QED) is 0.620. The second kappa shape index (κ2) is 7.13. The number of amidine groups is 1. The SMILES string of the molecule is O=C1/C(=C\c2ccncc2)N=C(c2ccccc2Cl)N1c1ccc(F)cc1. The summed E-state index contributed by atoms with van der Waals surface area (Å²) in [7, 11) is 0. The van der Waals surface area contributed by atoms with Crippen LogP contribution in [0.15, 0.2) is 83.7 Å². The van der Waals surface area contributed by atoms with Gasteiger partial charge in [-0.15, -0.1) is 0 Å². The fourth-order valence-electron chi connectivity index (χ4n) is 2.79. The molecule has 0 bridgehead atoms. The maximum absolute atomic E-state index is 13.3. The number of benzene rings is 2. The molecule has 1 amide bonds. The highest BCUT2D eigenvalue weighted by Gasteiger charge is 2.33. The van der Waals surface area contributed by atoms with Gasteiger partial charge in [-0.2, -0.15) is 0 Å². The molecule has 2 aromatic carbocycles. The lowest BCUT2D eigenvalue weighted by Gasteiger charge is -2.19. The maximum atomic E-state index is 13.3. The molecule has 3 aromatic rings. The van der Waals surface area contributed by atoms with Crippen molar-refractivity contribution in [3.8, 4) is 0 Å². The van der Waals surface area contributed by atoms with Crippen molar-refractivity contribution in [3.05, 3.63) is 101 Å². The fraction of sp³-hybridized carbons (Fsp3) is 0. The van der Waals surface area contributed by atoms with Crippen molar-refractivity contribution < 1.29 is 9.18 Å². The molecule has 2 heterocycles. The molecule has 1 aliphatic rings. The topological polar surface area (TPSA) is 45.6 Å². The summed E-state index contributed by atoms with van der Waals surface area (Å²) < 4.78 is 13.3. The van der Waals surface area contributed by atoms with Gasteiger partial charge in [-0.1, -0.05) is 23.7 Å². The van der Waals surface area contributed by atoms with Crippen LogP contribution >= 0.6 is 11.6 Å². The Kier molecular flexibility index (Phi) is 4.52. The number of aromatic nitrogens is 1. The smallest absolute Gasteiger partial charge is 0.266 e. The van der Waals surface area contributed by atoms with Crippen molar-refractivity contribution >= 4 is 35.1 Å². The highest BCUT2D eigenvalue weighted by molar-refractivity contribution is 6.39. The number of hydrogen-bond acceptors (Lipinski definition) is 3. The third kappa shape index (κ3) is 3.37. The first kappa shape index (κ1) is 17.1. The minimum Gasteiger partial charge on any atom is -0.266 e. The molecule has 0 fully saturated rings. The van der Waals surface area contributed by atoms with E-state index in [1.54, 1.807) is 48.8 Å². The monoisotopic (exact) mass is 377 g/mol. The number of rotatable bonds is 3. The standard InChI is InChI=1S/C21H13ClFN3O/c22-18-4-2-1-3-17(18)20-25-19(13-14-9-11-24-12-10-14)21(27)26(20)16-7-5-15(23)6-8-16/h1-13H/b19-13+. The van der Waals surface area contributed by atoms with Crippen molar-refractivity contribution in [2.45, 2.75) is 0 Å². The van der Waals surface area contributed by atoms with E-state index in [1.165, 1.54) is 29.2 Å². The van der Waals surface area contributed by atoms with Crippen LogP contribution in [0.25, 0.3) is 6.08 Å². The molecule has 0 unspecified atom stereocenters. The average molecular weight is 378 g/mol. The molecule has 4 nitrogen and oxygen atoms in total. The maximum Gasteiger partial charge on any atom is 0.282 e. The number of amides is 1. The second-order valence-corrected chi connectivity index (χ2v) is 6.25. The number of carbonyl (C=O) groups is 1. The van der Waals surface area contributed by atoms with E-state index in [-0.39, 0.29) is 17.4 Å². The molecule has 27 heavy (non-hydrogen) atoms. The van der Waals surface area contributed by atoms with Gasteiger partial charge in [0.15, 0.2) is 0 Å². The minimum atomic E-state index is -0.380. The van der Waals surface area contributed by atoms with Gasteiger partial charge in [-0.25, -0.2) is 9.38 Å². The molecule has 0 saturated carbocycles. The van der Waals surface area contributed by atoms with Crippen molar-refractivity contribution in [3.63, 3.8) is 0 Å². The predicted molar refractivity (Wildman–Crippen MR) is 104 cm³/mol. The van der Waals surface area contributed by atoms with Gasteiger partial charge in [-0.3, -0.25) is 14.7 Å². The first-order chi connectivity index (χ1) is 13.1. The summed E-state index contributed by atoms with van der Waals surface area (Å²) >= 11 is 6.33. The summed E-state index contributed by atoms with van der Waals surface area (Å²) in [5, 5.41) is 0.473. The highest BCUT2D eigenvalue weighted by Crippen LogP contribution is 2.30. The molecule has 0 spiro atoms. The summed E-state index contributed by atoms with van der Waals surface area (Å²) in [4.78, 5) is 23.0. The molecule has 0 radical (unpaired) electrons. The van der Waals surface area contributed by atoms with Gasteiger partial charge < -0.3 is 0 Å². The van der Waals surface area contributed by atoms with E-state index in [2.05, 4.69) is 9.98 Å². The Labute approximate surface area is 160 Å². The number of nitrogens with zero attached hydrogens (tertiary/aromatic N) is 3. The Morgan fingerprint density at radius 1 is 0.963 bits per heavy atom. The minimum absolute atomic E-state index is 0.264. The van der Waals surface area contributed by atoms with Crippen molar-refractivity contribution in [1.29, 1.82) is 0 Å². The van der Waals surface area contributed by atoms with E-state index in [9.17, 15) is 9.18 Å². The number of carbonyl (C=O) groups excluding carboxylic acids is 1. The summed E-state index contributed by atoms with van der Waals surface area (Å²) in [5.41, 5.74) is 2.20. The lowest BCUT2D eigenvalue weighted by Crippen LogP contribution is -2.32. The van der Waals surface area contributed by atoms with Crippen LogP contribution in [-0.4, -0.2) is 16.7 Å². The first-order valence-electron chi connectivity index (χ1n) is 8.19. The van der Waals surface area contributed by atoms with Gasteiger partial charge in [0.05, 0.1) is 10.7 Å². The molecule has 1 aliphatic heterocycles. The van der Waals surface area contributed by atoms with Crippen molar-refractivity contribution in [2.24, 2.45) is 4.99 Å². The van der Waals surface area contributed by atoms with Crippen LogP contribution in [0.1, 0.15) is 11.1 Å². The lowest BCUT2D eigenvalue weighted by atomic mass is 10.1. The van der Waals surface area contributed by atoms with Gasteiger partial charge in [0.2, 0.25) is 0 Å². The fourth-order valence-corrected chi connectivity index (χ4v) is 3.01. The summed E-state index contributed by atoms with van der Waals surface area (Å²) in [6.45, 7) is 0. The second-order valence-electron chi connectivity index (χ2n) is 5.84. The Morgan fingerprint density at radius 3 is 2.37 bits per heavy atom.